The predicted molar refractivity (Wildman–Crippen MR) is 50.6 cm³/mol. The van der Waals surface area contributed by atoms with Crippen molar-refractivity contribution >= 4 is 15.9 Å². The second kappa shape index (κ2) is 4.54. The lowest BCUT2D eigenvalue weighted by atomic mass is 10.1. The molecule has 0 spiro atoms. The second-order valence-electron chi connectivity index (χ2n) is 2.53. The molecule has 0 bridgehead atoms. The summed E-state index contributed by atoms with van der Waals surface area (Å²) in [5.41, 5.74) is 6.11. The predicted octanol–water partition coefficient (Wildman–Crippen LogP) is 1.23. The van der Waals surface area contributed by atoms with E-state index >= 15 is 0 Å². The Labute approximate surface area is 79.7 Å². The van der Waals surface area contributed by atoms with E-state index in [-0.39, 0.29) is 0 Å². The molecule has 3 N–H and O–H groups in total. The normalized spacial score (nSPS) is 12.9. The van der Waals surface area contributed by atoms with Gasteiger partial charge in [-0.15, -0.1) is 0 Å². The quantitative estimate of drug-likeness (QED) is 0.822. The third-order valence-corrected chi connectivity index (χ3v) is 1.98. The van der Waals surface area contributed by atoms with Crippen LogP contribution in [0, 0.1) is 0 Å². The standard InChI is InChI=1S/C8H11BrN2O/c9-7-3-6(4-11-5-7)8(12)1-2-10/h3-5,8,12H,1-2,10H2/t8-/m1/s1. The average Bonchev–Trinajstić information content (AvgIpc) is 2.05. The second-order valence-corrected chi connectivity index (χ2v) is 3.45. The van der Waals surface area contributed by atoms with Gasteiger partial charge in [0.15, 0.2) is 0 Å². The van der Waals surface area contributed by atoms with Crippen molar-refractivity contribution in [1.82, 2.24) is 4.98 Å². The topological polar surface area (TPSA) is 59.1 Å². The molecule has 0 aliphatic carbocycles. The third kappa shape index (κ3) is 2.55. The van der Waals surface area contributed by atoms with Crippen molar-refractivity contribution in [3.05, 3.63) is 28.5 Å². The average molecular weight is 231 g/mol. The first-order chi connectivity index (χ1) is 5.74. The molecule has 66 valence electrons. The number of nitrogens with zero attached hydrogens (tertiary/aromatic N) is 1. The van der Waals surface area contributed by atoms with Gasteiger partial charge in [0.2, 0.25) is 0 Å². The molecule has 0 aliphatic heterocycles. The van der Waals surface area contributed by atoms with Crippen LogP contribution in [0.4, 0.5) is 0 Å². The maximum atomic E-state index is 9.50. The number of hydrogen-bond donors (Lipinski definition) is 2. The Bertz CT molecular complexity index is 255. The Morgan fingerprint density at radius 3 is 2.92 bits per heavy atom. The number of hydrogen-bond acceptors (Lipinski definition) is 3. The molecule has 0 saturated carbocycles. The van der Waals surface area contributed by atoms with Crippen LogP contribution in [0.25, 0.3) is 0 Å². The van der Waals surface area contributed by atoms with Crippen molar-refractivity contribution < 1.29 is 5.11 Å². The number of halogens is 1. The Balaban J connectivity index is 2.73. The number of pyridine rings is 1. The minimum Gasteiger partial charge on any atom is -0.388 e. The van der Waals surface area contributed by atoms with Gasteiger partial charge in [-0.1, -0.05) is 0 Å². The molecule has 1 aromatic heterocycles. The molecule has 4 heteroatoms. The highest BCUT2D eigenvalue weighted by atomic mass is 79.9. The lowest BCUT2D eigenvalue weighted by Crippen LogP contribution is -2.06. The molecule has 0 unspecified atom stereocenters. The van der Waals surface area contributed by atoms with Crippen LogP contribution >= 0.6 is 15.9 Å². The Morgan fingerprint density at radius 1 is 1.58 bits per heavy atom. The monoisotopic (exact) mass is 230 g/mol. The van der Waals surface area contributed by atoms with Gasteiger partial charge in [-0.2, -0.15) is 0 Å². The number of nitrogens with two attached hydrogens (primary N) is 1. The zero-order chi connectivity index (χ0) is 8.97. The van der Waals surface area contributed by atoms with E-state index in [4.69, 9.17) is 5.73 Å². The van der Waals surface area contributed by atoms with Crippen molar-refractivity contribution in [3.63, 3.8) is 0 Å². The molecule has 0 radical (unpaired) electrons. The molecule has 1 atom stereocenters. The van der Waals surface area contributed by atoms with Crippen molar-refractivity contribution in [2.24, 2.45) is 5.73 Å². The summed E-state index contributed by atoms with van der Waals surface area (Å²) in [7, 11) is 0. The first kappa shape index (κ1) is 9.64. The minimum atomic E-state index is -0.500. The summed E-state index contributed by atoms with van der Waals surface area (Å²) in [6.07, 6.45) is 3.39. The smallest absolute Gasteiger partial charge is 0.0817 e. The van der Waals surface area contributed by atoms with Gasteiger partial charge in [0, 0.05) is 16.9 Å². The zero-order valence-corrected chi connectivity index (χ0v) is 8.16. The van der Waals surface area contributed by atoms with Crippen LogP contribution < -0.4 is 5.73 Å². The van der Waals surface area contributed by atoms with E-state index in [1.54, 1.807) is 12.4 Å². The summed E-state index contributed by atoms with van der Waals surface area (Å²) in [6, 6.07) is 1.84. The number of aliphatic hydroxyl groups excluding tert-OH is 1. The molecule has 3 nitrogen and oxygen atoms in total. The summed E-state index contributed by atoms with van der Waals surface area (Å²) < 4.78 is 0.871. The highest BCUT2D eigenvalue weighted by molar-refractivity contribution is 9.10. The first-order valence-corrected chi connectivity index (χ1v) is 4.52. The van der Waals surface area contributed by atoms with E-state index in [1.807, 2.05) is 6.07 Å². The largest absolute Gasteiger partial charge is 0.388 e. The number of aromatic nitrogens is 1. The van der Waals surface area contributed by atoms with Gasteiger partial charge in [0.1, 0.15) is 0 Å². The molecule has 1 heterocycles. The summed E-state index contributed by atoms with van der Waals surface area (Å²) in [4.78, 5) is 3.94. The summed E-state index contributed by atoms with van der Waals surface area (Å²) in [5.74, 6) is 0. The molecule has 0 aromatic carbocycles. The highest BCUT2D eigenvalue weighted by Gasteiger charge is 2.06. The van der Waals surface area contributed by atoms with E-state index in [0.717, 1.165) is 10.0 Å². The van der Waals surface area contributed by atoms with Gasteiger partial charge in [-0.3, -0.25) is 4.98 Å². The van der Waals surface area contributed by atoms with Crippen molar-refractivity contribution in [1.29, 1.82) is 0 Å². The fraction of sp³-hybridized carbons (Fsp3) is 0.375. The minimum absolute atomic E-state index is 0.480. The van der Waals surface area contributed by atoms with E-state index in [9.17, 15) is 5.11 Å². The van der Waals surface area contributed by atoms with E-state index in [0.29, 0.717) is 13.0 Å². The van der Waals surface area contributed by atoms with E-state index in [1.165, 1.54) is 0 Å². The van der Waals surface area contributed by atoms with E-state index in [2.05, 4.69) is 20.9 Å². The van der Waals surface area contributed by atoms with Gasteiger partial charge >= 0.3 is 0 Å². The van der Waals surface area contributed by atoms with Crippen LogP contribution in [0.1, 0.15) is 18.1 Å². The summed E-state index contributed by atoms with van der Waals surface area (Å²) in [6.45, 7) is 0.480. The molecular weight excluding hydrogens is 220 g/mol. The fourth-order valence-corrected chi connectivity index (χ4v) is 1.32. The molecular formula is C8H11BrN2O. The fourth-order valence-electron chi connectivity index (χ4n) is 0.935. The maximum absolute atomic E-state index is 9.50. The Kier molecular flexibility index (Phi) is 3.65. The van der Waals surface area contributed by atoms with Gasteiger partial charge < -0.3 is 10.8 Å². The zero-order valence-electron chi connectivity index (χ0n) is 6.57. The highest BCUT2D eigenvalue weighted by Crippen LogP contribution is 2.18. The SMILES string of the molecule is NCC[C@@H](O)c1cncc(Br)c1. The molecule has 0 saturated heterocycles. The van der Waals surface area contributed by atoms with Crippen LogP contribution in [-0.2, 0) is 0 Å². The van der Waals surface area contributed by atoms with Crippen LogP contribution in [0.2, 0.25) is 0 Å². The molecule has 1 rings (SSSR count). The maximum Gasteiger partial charge on any atom is 0.0817 e. The van der Waals surface area contributed by atoms with Gasteiger partial charge in [-0.05, 0) is 40.5 Å². The first-order valence-electron chi connectivity index (χ1n) is 3.72. The van der Waals surface area contributed by atoms with Gasteiger partial charge in [0.25, 0.3) is 0 Å². The molecule has 0 aliphatic rings. The third-order valence-electron chi connectivity index (χ3n) is 1.55. The van der Waals surface area contributed by atoms with Crippen LogP contribution in [0.15, 0.2) is 22.9 Å². The van der Waals surface area contributed by atoms with Crippen molar-refractivity contribution in [2.45, 2.75) is 12.5 Å². The molecule has 0 fully saturated rings. The van der Waals surface area contributed by atoms with E-state index < -0.39 is 6.10 Å². The summed E-state index contributed by atoms with van der Waals surface area (Å²) >= 11 is 3.28. The number of rotatable bonds is 3. The Hall–Kier alpha value is -0.450. The van der Waals surface area contributed by atoms with Crippen molar-refractivity contribution in [3.8, 4) is 0 Å². The lowest BCUT2D eigenvalue weighted by molar-refractivity contribution is 0.170. The van der Waals surface area contributed by atoms with Crippen LogP contribution in [-0.4, -0.2) is 16.6 Å². The van der Waals surface area contributed by atoms with Crippen LogP contribution in [0.5, 0.6) is 0 Å². The Morgan fingerprint density at radius 2 is 2.33 bits per heavy atom. The molecule has 12 heavy (non-hydrogen) atoms. The lowest BCUT2D eigenvalue weighted by Gasteiger charge is -2.08. The molecule has 0 amide bonds. The molecule has 1 aromatic rings. The van der Waals surface area contributed by atoms with Crippen LogP contribution in [0.3, 0.4) is 0 Å². The van der Waals surface area contributed by atoms with Crippen molar-refractivity contribution in [2.75, 3.05) is 6.54 Å². The van der Waals surface area contributed by atoms with Gasteiger partial charge in [-0.25, -0.2) is 0 Å². The summed E-state index contributed by atoms with van der Waals surface area (Å²) in [5, 5.41) is 9.50. The number of aliphatic hydroxyl groups is 1. The van der Waals surface area contributed by atoms with Gasteiger partial charge in [0.05, 0.1) is 6.10 Å².